The Labute approximate surface area is 226 Å². The second kappa shape index (κ2) is 13.2. The van der Waals surface area contributed by atoms with Gasteiger partial charge in [0.1, 0.15) is 24.0 Å². The lowest BCUT2D eigenvalue weighted by Gasteiger charge is -2.40. The van der Waals surface area contributed by atoms with Crippen LogP contribution in [0.15, 0.2) is 48.5 Å². The minimum Gasteiger partial charge on any atom is -0.755 e. The first kappa shape index (κ1) is 29.6. The second-order valence-electron chi connectivity index (χ2n) is 10.1. The molecule has 208 valence electrons. The zero-order chi connectivity index (χ0) is 27.9. The van der Waals surface area contributed by atoms with Gasteiger partial charge in [0.2, 0.25) is 0 Å². The minimum atomic E-state index is -2.79. The van der Waals surface area contributed by atoms with E-state index in [0.29, 0.717) is 13.1 Å². The minimum absolute atomic E-state index is 0.0718. The van der Waals surface area contributed by atoms with Gasteiger partial charge in [0, 0.05) is 37.4 Å². The van der Waals surface area contributed by atoms with Crippen molar-refractivity contribution in [2.75, 3.05) is 51.2 Å². The molecule has 1 saturated heterocycles. The largest absolute Gasteiger partial charge is 0.755 e. The fraction of sp³-hybridized carbons (Fsp3) is 0.481. The van der Waals surface area contributed by atoms with Crippen LogP contribution in [0.2, 0.25) is 0 Å². The van der Waals surface area contributed by atoms with Crippen LogP contribution in [0.25, 0.3) is 0 Å². The molecule has 38 heavy (non-hydrogen) atoms. The average Bonchev–Trinajstić information content (AvgIpc) is 2.87. The summed E-state index contributed by atoms with van der Waals surface area (Å²) in [6.07, 6.45) is 0. The summed E-state index contributed by atoms with van der Waals surface area (Å²) in [5.41, 5.74) is 0.353. The number of rotatable bonds is 10. The van der Waals surface area contributed by atoms with Gasteiger partial charge >= 0.3 is 11.9 Å². The van der Waals surface area contributed by atoms with Gasteiger partial charge < -0.3 is 23.7 Å². The summed E-state index contributed by atoms with van der Waals surface area (Å²) in [5.74, 6) is -0.901. The first-order chi connectivity index (χ1) is 18.0. The summed E-state index contributed by atoms with van der Waals surface area (Å²) in [6, 6.07) is 12.8. The third-order valence-corrected chi connectivity index (χ3v) is 6.78. The molecule has 2 aromatic rings. The van der Waals surface area contributed by atoms with Crippen molar-refractivity contribution in [2.24, 2.45) is 0 Å². The number of esters is 2. The molecule has 3 rings (SSSR count). The van der Waals surface area contributed by atoms with Crippen molar-refractivity contribution >= 4 is 28.9 Å². The molecule has 2 unspecified atom stereocenters. The van der Waals surface area contributed by atoms with Crippen LogP contribution in [-0.4, -0.2) is 89.0 Å². The molecule has 0 amide bonds. The molecule has 10 nitrogen and oxygen atoms in total. The summed E-state index contributed by atoms with van der Waals surface area (Å²) >= 11 is -2.79. The van der Waals surface area contributed by atoms with Crippen LogP contribution in [0.1, 0.15) is 36.7 Å². The van der Waals surface area contributed by atoms with E-state index < -0.39 is 34.8 Å². The molecule has 0 radical (unpaired) electrons. The molecule has 11 heteroatoms. The van der Waals surface area contributed by atoms with E-state index >= 15 is 0 Å². The Morgan fingerprint density at radius 2 is 1.74 bits per heavy atom. The third kappa shape index (κ3) is 8.26. The smallest absolute Gasteiger partial charge is 0.338 e. The second-order valence-corrected chi connectivity index (χ2v) is 11.0. The zero-order valence-electron chi connectivity index (χ0n) is 22.5. The highest BCUT2D eigenvalue weighted by Crippen LogP contribution is 2.31. The number of hydrogen-bond acceptors (Lipinski definition) is 9. The van der Waals surface area contributed by atoms with Gasteiger partial charge in [0.05, 0.1) is 24.9 Å². The van der Waals surface area contributed by atoms with Gasteiger partial charge in [0.25, 0.3) is 0 Å². The lowest BCUT2D eigenvalue weighted by molar-refractivity contribution is -0.161. The molecule has 0 N–H and O–H groups in total. The summed E-state index contributed by atoms with van der Waals surface area (Å²) in [7, 11) is 3.40. The Hall–Kier alpha value is -2.99. The highest BCUT2D eigenvalue weighted by molar-refractivity contribution is 7.80. The Balaban J connectivity index is 1.89. The average molecular weight is 547 g/mol. The fourth-order valence-corrected chi connectivity index (χ4v) is 4.62. The van der Waals surface area contributed by atoms with E-state index in [-0.39, 0.29) is 30.2 Å². The van der Waals surface area contributed by atoms with E-state index in [0.717, 1.165) is 23.0 Å². The Morgan fingerprint density at radius 3 is 2.32 bits per heavy atom. The van der Waals surface area contributed by atoms with Crippen molar-refractivity contribution in [1.29, 1.82) is 0 Å². The lowest BCUT2D eigenvalue weighted by atomic mass is 10.1. The van der Waals surface area contributed by atoms with E-state index in [2.05, 4.69) is 4.90 Å². The Morgan fingerprint density at radius 1 is 1.08 bits per heavy atom. The number of anilines is 1. The predicted molar refractivity (Wildman–Crippen MR) is 144 cm³/mol. The van der Waals surface area contributed by atoms with Gasteiger partial charge in [-0.05, 0) is 51.6 Å². The predicted octanol–water partition coefficient (Wildman–Crippen LogP) is 2.61. The highest BCUT2D eigenvalue weighted by Gasteiger charge is 2.35. The first-order valence-corrected chi connectivity index (χ1v) is 13.4. The lowest BCUT2D eigenvalue weighted by Crippen LogP contribution is -2.56. The molecule has 0 aromatic heterocycles. The standard InChI is InChI=1S/C27H37N3O7S/c1-27(2,3)37-26(32)23(29-15-13-28(4)14-16-29)18-30(38(33)34)22-17-21(11-12-24(22)35-5)25(31)36-19-20-9-7-6-8-10-20/h6-12,17,23H,13-16,18-19H2,1-5H3,(H,33,34)/p-1. The molecule has 0 aliphatic carbocycles. The van der Waals surface area contributed by atoms with E-state index in [4.69, 9.17) is 14.2 Å². The highest BCUT2D eigenvalue weighted by atomic mass is 32.2. The quantitative estimate of drug-likeness (QED) is 0.328. The number of hydrogen-bond donors (Lipinski definition) is 0. The maximum Gasteiger partial charge on any atom is 0.338 e. The van der Waals surface area contributed by atoms with Gasteiger partial charge in [0.15, 0.2) is 0 Å². The first-order valence-electron chi connectivity index (χ1n) is 12.4. The van der Waals surface area contributed by atoms with E-state index in [1.807, 2.05) is 42.3 Å². The number of ether oxygens (including phenoxy) is 3. The van der Waals surface area contributed by atoms with Crippen molar-refractivity contribution in [3.8, 4) is 5.75 Å². The molecular weight excluding hydrogens is 510 g/mol. The van der Waals surface area contributed by atoms with Crippen molar-refractivity contribution in [2.45, 2.75) is 39.0 Å². The summed E-state index contributed by atoms with van der Waals surface area (Å²) < 4.78 is 42.6. The number of piperazine rings is 1. The summed E-state index contributed by atoms with van der Waals surface area (Å²) in [4.78, 5) is 30.1. The normalized spacial score (nSPS) is 16.4. The Bertz CT molecular complexity index is 1120. The fourth-order valence-electron chi connectivity index (χ4n) is 4.06. The molecule has 2 aromatic carbocycles. The van der Waals surface area contributed by atoms with Gasteiger partial charge in [-0.3, -0.25) is 18.2 Å². The van der Waals surface area contributed by atoms with Gasteiger partial charge in [-0.15, -0.1) is 0 Å². The van der Waals surface area contributed by atoms with Gasteiger partial charge in [-0.2, -0.15) is 0 Å². The molecule has 2 atom stereocenters. The van der Waals surface area contributed by atoms with Crippen LogP contribution in [-0.2, 0) is 32.1 Å². The van der Waals surface area contributed by atoms with Crippen molar-refractivity contribution in [1.82, 2.24) is 9.80 Å². The number of carbonyl (C=O) groups excluding carboxylic acids is 2. The molecule has 0 saturated carbocycles. The molecule has 0 bridgehead atoms. The summed E-state index contributed by atoms with van der Waals surface area (Å²) in [6.45, 7) is 7.76. The van der Waals surface area contributed by atoms with Crippen molar-refractivity contribution in [3.05, 3.63) is 59.7 Å². The van der Waals surface area contributed by atoms with E-state index in [1.54, 1.807) is 20.8 Å². The van der Waals surface area contributed by atoms with Crippen LogP contribution < -0.4 is 9.04 Å². The maximum absolute atomic E-state index is 13.3. The molecule has 1 heterocycles. The van der Waals surface area contributed by atoms with Crippen LogP contribution in [0.4, 0.5) is 5.69 Å². The molecular formula is C27H36N3O7S-. The molecule has 1 aliphatic rings. The van der Waals surface area contributed by atoms with Crippen LogP contribution in [0.5, 0.6) is 5.75 Å². The topological polar surface area (TPSA) is 112 Å². The van der Waals surface area contributed by atoms with Crippen LogP contribution in [0, 0.1) is 0 Å². The van der Waals surface area contributed by atoms with E-state index in [9.17, 15) is 18.4 Å². The molecule has 1 fully saturated rings. The number of benzene rings is 2. The number of carbonyl (C=O) groups is 2. The van der Waals surface area contributed by atoms with Gasteiger partial charge in [-0.25, -0.2) is 4.79 Å². The summed E-state index contributed by atoms with van der Waals surface area (Å²) in [5, 5.41) is 0. The monoisotopic (exact) mass is 546 g/mol. The number of methoxy groups -OCH3 is 1. The molecule has 1 aliphatic heterocycles. The maximum atomic E-state index is 13.3. The zero-order valence-corrected chi connectivity index (χ0v) is 23.4. The SMILES string of the molecule is COc1ccc(C(=O)OCc2ccccc2)cc1N(CC(C(=O)OC(C)(C)C)N1CCN(C)CC1)S(=O)[O-]. The van der Waals surface area contributed by atoms with Crippen molar-refractivity contribution in [3.63, 3.8) is 0 Å². The van der Waals surface area contributed by atoms with Gasteiger partial charge in [-0.1, -0.05) is 30.3 Å². The van der Waals surface area contributed by atoms with Crippen LogP contribution >= 0.6 is 0 Å². The molecule has 0 spiro atoms. The third-order valence-electron chi connectivity index (χ3n) is 6.07. The Kier molecular flexibility index (Phi) is 10.3. The van der Waals surface area contributed by atoms with E-state index in [1.165, 1.54) is 25.3 Å². The number of nitrogens with zero attached hydrogens (tertiary/aromatic N) is 3. The van der Waals surface area contributed by atoms with Crippen LogP contribution in [0.3, 0.4) is 0 Å². The van der Waals surface area contributed by atoms with Crippen molar-refractivity contribution < 1.29 is 32.6 Å². The number of likely N-dealkylation sites (N-methyl/N-ethyl adjacent to an activating group) is 1.